The van der Waals surface area contributed by atoms with Crippen molar-refractivity contribution in [3.05, 3.63) is 22.4 Å². The molecule has 0 aromatic carbocycles. The van der Waals surface area contributed by atoms with E-state index in [9.17, 15) is 9.59 Å². The van der Waals surface area contributed by atoms with E-state index in [-0.39, 0.29) is 23.8 Å². The van der Waals surface area contributed by atoms with Crippen LogP contribution in [0.3, 0.4) is 0 Å². The molecular formula is C15H23N3O2S. The summed E-state index contributed by atoms with van der Waals surface area (Å²) in [6.07, 6.45) is 0.339. The molecule has 2 heterocycles. The second kappa shape index (κ2) is 7.04. The van der Waals surface area contributed by atoms with E-state index in [1.807, 2.05) is 32.5 Å². The van der Waals surface area contributed by atoms with E-state index >= 15 is 0 Å². The van der Waals surface area contributed by atoms with Crippen molar-refractivity contribution in [2.45, 2.75) is 19.4 Å². The predicted octanol–water partition coefficient (Wildman–Crippen LogP) is 1.34. The van der Waals surface area contributed by atoms with Crippen LogP contribution in [-0.2, 0) is 9.59 Å². The zero-order valence-electron chi connectivity index (χ0n) is 12.8. The van der Waals surface area contributed by atoms with Gasteiger partial charge in [-0.15, -0.1) is 11.3 Å². The molecule has 1 aromatic rings. The maximum absolute atomic E-state index is 12.2. The van der Waals surface area contributed by atoms with E-state index < -0.39 is 0 Å². The molecule has 1 aliphatic rings. The molecule has 2 amide bonds. The molecule has 1 saturated heterocycles. The summed E-state index contributed by atoms with van der Waals surface area (Å²) in [5, 5.41) is 5.05. The van der Waals surface area contributed by atoms with Crippen LogP contribution in [0.4, 0.5) is 0 Å². The van der Waals surface area contributed by atoms with Gasteiger partial charge in [-0.1, -0.05) is 6.07 Å². The highest BCUT2D eigenvalue weighted by atomic mass is 32.1. The fourth-order valence-electron chi connectivity index (χ4n) is 2.61. The monoisotopic (exact) mass is 309 g/mol. The molecule has 6 heteroatoms. The lowest BCUT2D eigenvalue weighted by molar-refractivity contribution is -0.128. The van der Waals surface area contributed by atoms with Crippen LogP contribution in [0, 0.1) is 5.92 Å². The molecule has 0 bridgehead atoms. The Bertz CT molecular complexity index is 487. The quantitative estimate of drug-likeness (QED) is 0.863. The zero-order chi connectivity index (χ0) is 15.4. The number of likely N-dealkylation sites (tertiary alicyclic amines) is 1. The highest BCUT2D eigenvalue weighted by molar-refractivity contribution is 7.10. The van der Waals surface area contributed by atoms with Crippen LogP contribution in [-0.4, -0.2) is 55.3 Å². The summed E-state index contributed by atoms with van der Waals surface area (Å²) in [6.45, 7) is 3.74. The molecule has 0 aliphatic carbocycles. The normalized spacial score (nSPS) is 20.1. The first-order valence-corrected chi connectivity index (χ1v) is 8.16. The predicted molar refractivity (Wildman–Crippen MR) is 84.1 cm³/mol. The second-order valence-corrected chi connectivity index (χ2v) is 6.55. The fraction of sp³-hybridized carbons (Fsp3) is 0.600. The summed E-state index contributed by atoms with van der Waals surface area (Å²) >= 11 is 1.69. The minimum Gasteiger partial charge on any atom is -0.354 e. The number of hydrogen-bond acceptors (Lipinski definition) is 4. The van der Waals surface area contributed by atoms with Crippen LogP contribution in [0.15, 0.2) is 17.5 Å². The molecular weight excluding hydrogens is 286 g/mol. The number of carbonyl (C=O) groups excluding carboxylic acids is 2. The van der Waals surface area contributed by atoms with E-state index in [0.29, 0.717) is 26.1 Å². The van der Waals surface area contributed by atoms with Crippen LogP contribution >= 0.6 is 11.3 Å². The number of thiophene rings is 1. The van der Waals surface area contributed by atoms with Gasteiger partial charge in [0.2, 0.25) is 11.8 Å². The van der Waals surface area contributed by atoms with Crippen molar-refractivity contribution in [2.24, 2.45) is 5.92 Å². The van der Waals surface area contributed by atoms with Crippen molar-refractivity contribution in [3.8, 4) is 0 Å². The molecule has 0 radical (unpaired) electrons. The summed E-state index contributed by atoms with van der Waals surface area (Å²) in [4.78, 5) is 29.0. The minimum absolute atomic E-state index is 0.0114. The van der Waals surface area contributed by atoms with Gasteiger partial charge in [-0.3, -0.25) is 9.59 Å². The van der Waals surface area contributed by atoms with Crippen LogP contribution in [0.25, 0.3) is 0 Å². The molecule has 2 rings (SSSR count). The third kappa shape index (κ3) is 3.83. The van der Waals surface area contributed by atoms with Gasteiger partial charge >= 0.3 is 0 Å². The summed E-state index contributed by atoms with van der Waals surface area (Å²) < 4.78 is 0. The number of likely N-dealkylation sites (N-methyl/N-ethyl adjacent to an activating group) is 1. The van der Waals surface area contributed by atoms with Gasteiger partial charge in [-0.2, -0.15) is 0 Å². The summed E-state index contributed by atoms with van der Waals surface area (Å²) in [5.74, 6) is -0.133. The Morgan fingerprint density at radius 1 is 1.57 bits per heavy atom. The zero-order valence-corrected chi connectivity index (χ0v) is 13.7. The number of hydrogen-bond donors (Lipinski definition) is 1. The van der Waals surface area contributed by atoms with E-state index in [2.05, 4.69) is 16.3 Å². The van der Waals surface area contributed by atoms with Crippen molar-refractivity contribution < 1.29 is 9.59 Å². The Labute approximate surface area is 129 Å². The van der Waals surface area contributed by atoms with Gasteiger partial charge in [0.15, 0.2) is 0 Å². The molecule has 1 N–H and O–H groups in total. The van der Waals surface area contributed by atoms with E-state index in [4.69, 9.17) is 0 Å². The summed E-state index contributed by atoms with van der Waals surface area (Å²) in [5.41, 5.74) is 0. The smallest absolute Gasteiger partial charge is 0.225 e. The molecule has 0 saturated carbocycles. The Morgan fingerprint density at radius 3 is 2.86 bits per heavy atom. The first kappa shape index (κ1) is 16.0. The molecule has 2 unspecified atom stereocenters. The number of amides is 2. The van der Waals surface area contributed by atoms with Crippen LogP contribution in [0.2, 0.25) is 0 Å². The summed E-state index contributed by atoms with van der Waals surface area (Å²) in [7, 11) is 4.02. The van der Waals surface area contributed by atoms with Crippen LogP contribution in [0.5, 0.6) is 0 Å². The average molecular weight is 309 g/mol. The van der Waals surface area contributed by atoms with Crippen molar-refractivity contribution in [3.63, 3.8) is 0 Å². The molecule has 0 spiro atoms. The highest BCUT2D eigenvalue weighted by Gasteiger charge is 2.33. The third-order valence-electron chi connectivity index (χ3n) is 3.93. The lowest BCUT2D eigenvalue weighted by atomic mass is 10.1. The van der Waals surface area contributed by atoms with Crippen molar-refractivity contribution in [1.29, 1.82) is 0 Å². The lowest BCUT2D eigenvalue weighted by Gasteiger charge is -2.24. The van der Waals surface area contributed by atoms with Crippen molar-refractivity contribution in [1.82, 2.24) is 15.1 Å². The summed E-state index contributed by atoms with van der Waals surface area (Å²) in [6, 6.07) is 4.28. The molecule has 116 valence electrons. The van der Waals surface area contributed by atoms with Crippen molar-refractivity contribution >= 4 is 23.2 Å². The second-order valence-electron chi connectivity index (χ2n) is 5.57. The molecule has 21 heavy (non-hydrogen) atoms. The van der Waals surface area contributed by atoms with Gasteiger partial charge in [0.25, 0.3) is 0 Å². The topological polar surface area (TPSA) is 52.7 Å². The van der Waals surface area contributed by atoms with Gasteiger partial charge < -0.3 is 15.1 Å². The molecule has 1 aromatic heterocycles. The van der Waals surface area contributed by atoms with Crippen LogP contribution < -0.4 is 5.32 Å². The lowest BCUT2D eigenvalue weighted by Crippen LogP contribution is -2.38. The van der Waals surface area contributed by atoms with Gasteiger partial charge in [-0.05, 0) is 32.5 Å². The third-order valence-corrected chi connectivity index (χ3v) is 4.91. The van der Waals surface area contributed by atoms with Gasteiger partial charge in [0.1, 0.15) is 0 Å². The number of carbonyl (C=O) groups is 2. The number of nitrogens with one attached hydrogen (secondary N) is 1. The molecule has 1 aliphatic heterocycles. The van der Waals surface area contributed by atoms with Gasteiger partial charge in [-0.25, -0.2) is 0 Å². The first-order chi connectivity index (χ1) is 10.0. The van der Waals surface area contributed by atoms with Gasteiger partial charge in [0, 0.05) is 30.9 Å². The first-order valence-electron chi connectivity index (χ1n) is 7.28. The van der Waals surface area contributed by atoms with Crippen LogP contribution in [0.1, 0.15) is 24.3 Å². The largest absolute Gasteiger partial charge is 0.354 e. The Balaban J connectivity index is 1.90. The Hall–Kier alpha value is -1.40. The SMILES string of the molecule is CCN1CC(C(=O)NCC(c2cccs2)N(C)C)CC1=O. The Morgan fingerprint density at radius 2 is 2.33 bits per heavy atom. The standard InChI is InChI=1S/C15H23N3O2S/c1-4-18-10-11(8-14(18)19)15(20)16-9-12(17(2)3)13-6-5-7-21-13/h5-7,11-12H,4,8-10H2,1-3H3,(H,16,20). The number of rotatable bonds is 6. The number of nitrogens with zero attached hydrogens (tertiary/aromatic N) is 2. The van der Waals surface area contributed by atoms with E-state index in [1.165, 1.54) is 4.88 Å². The minimum atomic E-state index is -0.205. The van der Waals surface area contributed by atoms with Gasteiger partial charge in [0.05, 0.1) is 12.0 Å². The molecule has 2 atom stereocenters. The molecule has 1 fully saturated rings. The maximum Gasteiger partial charge on any atom is 0.225 e. The molecule has 5 nitrogen and oxygen atoms in total. The maximum atomic E-state index is 12.2. The van der Waals surface area contributed by atoms with E-state index in [0.717, 1.165) is 0 Å². The van der Waals surface area contributed by atoms with Crippen molar-refractivity contribution in [2.75, 3.05) is 33.7 Å². The highest BCUT2D eigenvalue weighted by Crippen LogP contribution is 2.23. The average Bonchev–Trinajstić information content (AvgIpc) is 3.07. The fourth-order valence-corrected chi connectivity index (χ4v) is 3.54. The Kier molecular flexibility index (Phi) is 5.36. The van der Waals surface area contributed by atoms with E-state index in [1.54, 1.807) is 16.2 Å².